The molecule has 0 amide bonds. The lowest BCUT2D eigenvalue weighted by Gasteiger charge is -2.31. The summed E-state index contributed by atoms with van der Waals surface area (Å²) in [6, 6.07) is 3.79. The number of aromatic hydroxyl groups is 1. The number of carbonyl (C=O) groups is 2. The van der Waals surface area contributed by atoms with Gasteiger partial charge in [0.25, 0.3) is 0 Å². The van der Waals surface area contributed by atoms with Crippen LogP contribution in [0.1, 0.15) is 82.8 Å². The fourth-order valence-corrected chi connectivity index (χ4v) is 5.57. The highest BCUT2D eigenvalue weighted by Crippen LogP contribution is 2.35. The van der Waals surface area contributed by atoms with Crippen molar-refractivity contribution in [2.24, 2.45) is 11.7 Å². The third-order valence-electron chi connectivity index (χ3n) is 7.42. The summed E-state index contributed by atoms with van der Waals surface area (Å²) in [7, 11) is 1.53. The molecule has 8 heteroatoms. The minimum absolute atomic E-state index is 0.110. The first-order valence-corrected chi connectivity index (χ1v) is 13.9. The number of rotatable bonds is 11. The number of dihydropyridines is 1. The quantitative estimate of drug-likeness (QED) is 0.350. The van der Waals surface area contributed by atoms with Crippen molar-refractivity contribution in [1.29, 1.82) is 0 Å². The Morgan fingerprint density at radius 2 is 1.76 bits per heavy atom. The third kappa shape index (κ3) is 9.30. The summed E-state index contributed by atoms with van der Waals surface area (Å²) >= 11 is 0. The van der Waals surface area contributed by atoms with Crippen LogP contribution in [0.3, 0.4) is 0 Å². The average molecular weight is 529 g/mol. The first kappa shape index (κ1) is 29.4. The van der Waals surface area contributed by atoms with Gasteiger partial charge in [0.2, 0.25) is 0 Å². The van der Waals surface area contributed by atoms with E-state index in [9.17, 15) is 14.7 Å². The number of nitrogens with one attached hydrogen (secondary N) is 1. The lowest BCUT2D eigenvalue weighted by Crippen LogP contribution is -2.33. The van der Waals surface area contributed by atoms with Gasteiger partial charge in [-0.25, -0.2) is 0 Å². The van der Waals surface area contributed by atoms with Crippen molar-refractivity contribution in [2.45, 2.75) is 96.7 Å². The molecule has 1 aliphatic carbocycles. The van der Waals surface area contributed by atoms with Gasteiger partial charge in [-0.1, -0.05) is 44.2 Å². The zero-order valence-electron chi connectivity index (χ0n) is 23.1. The van der Waals surface area contributed by atoms with E-state index in [4.69, 9.17) is 19.9 Å². The number of phenolic OH excluding ortho intramolecular Hbond substituents is 1. The van der Waals surface area contributed by atoms with Crippen LogP contribution in [0.5, 0.6) is 11.5 Å². The summed E-state index contributed by atoms with van der Waals surface area (Å²) in [5, 5.41) is 13.8. The monoisotopic (exact) mass is 528 g/mol. The molecule has 0 saturated heterocycles. The number of allylic oxidation sites excluding steroid dienone is 2. The Balaban J connectivity index is 1.75. The van der Waals surface area contributed by atoms with E-state index in [1.807, 2.05) is 24.3 Å². The van der Waals surface area contributed by atoms with Crippen molar-refractivity contribution in [3.05, 3.63) is 46.8 Å². The van der Waals surface area contributed by atoms with Gasteiger partial charge < -0.3 is 30.4 Å². The fourth-order valence-electron chi connectivity index (χ4n) is 5.57. The van der Waals surface area contributed by atoms with Crippen molar-refractivity contribution >= 4 is 11.9 Å². The molecule has 1 aromatic rings. The van der Waals surface area contributed by atoms with Crippen LogP contribution in [0.2, 0.25) is 0 Å². The van der Waals surface area contributed by atoms with Gasteiger partial charge in [0, 0.05) is 38.8 Å². The second-order valence-corrected chi connectivity index (χ2v) is 10.5. The van der Waals surface area contributed by atoms with Crippen LogP contribution in [-0.2, 0) is 31.9 Å². The highest BCUT2D eigenvalue weighted by Gasteiger charge is 2.29. The highest BCUT2D eigenvalue weighted by molar-refractivity contribution is 5.66. The number of carbonyl (C=O) groups excluding carboxylic acids is 2. The van der Waals surface area contributed by atoms with Crippen molar-refractivity contribution in [2.75, 3.05) is 13.7 Å². The molecular weight excluding hydrogens is 484 g/mol. The number of phenols is 1. The van der Waals surface area contributed by atoms with Crippen LogP contribution in [0, 0.1) is 5.92 Å². The summed E-state index contributed by atoms with van der Waals surface area (Å²) in [6.45, 7) is 3.50. The molecule has 38 heavy (non-hydrogen) atoms. The number of methoxy groups -OCH3 is 1. The number of hydrogen-bond acceptors (Lipinski definition) is 8. The van der Waals surface area contributed by atoms with Crippen molar-refractivity contribution in [3.8, 4) is 11.5 Å². The maximum atomic E-state index is 12.0. The maximum absolute atomic E-state index is 12.0. The largest absolute Gasteiger partial charge is 0.504 e. The molecule has 1 heterocycles. The minimum Gasteiger partial charge on any atom is -0.504 e. The van der Waals surface area contributed by atoms with Gasteiger partial charge >= 0.3 is 11.9 Å². The van der Waals surface area contributed by atoms with E-state index in [2.05, 4.69) is 5.32 Å². The zero-order valence-corrected chi connectivity index (χ0v) is 23.1. The molecule has 0 aromatic heterocycles. The highest BCUT2D eigenvalue weighted by atomic mass is 16.6. The molecule has 2 atom stereocenters. The smallest absolute Gasteiger partial charge is 0.302 e. The van der Waals surface area contributed by atoms with Crippen LogP contribution in [-0.4, -0.2) is 42.9 Å². The van der Waals surface area contributed by atoms with Gasteiger partial charge in [0.05, 0.1) is 12.9 Å². The van der Waals surface area contributed by atoms with E-state index in [-0.39, 0.29) is 35.8 Å². The SMILES string of the molecule is COc1cc(CC[C@H](C[C@@H](OC(C)=O)C2CCCCCCC2)OC(C)=O)cc(CC2=CCNC(N)=C2)c1O. The summed E-state index contributed by atoms with van der Waals surface area (Å²) < 4.78 is 17.0. The molecule has 0 radical (unpaired) electrons. The summed E-state index contributed by atoms with van der Waals surface area (Å²) in [5.74, 6) is 0.741. The molecule has 2 aliphatic rings. The molecule has 4 N–H and O–H groups in total. The third-order valence-corrected chi connectivity index (χ3v) is 7.42. The van der Waals surface area contributed by atoms with E-state index in [1.165, 1.54) is 40.2 Å². The number of esters is 2. The first-order chi connectivity index (χ1) is 18.2. The second kappa shape index (κ2) is 14.7. The average Bonchev–Trinajstić information content (AvgIpc) is 2.83. The Kier molecular flexibility index (Phi) is 11.4. The van der Waals surface area contributed by atoms with E-state index in [1.54, 1.807) is 0 Å². The molecule has 0 spiro atoms. The van der Waals surface area contributed by atoms with E-state index in [0.29, 0.717) is 43.8 Å². The normalized spacial score (nSPS) is 18.1. The molecule has 210 valence electrons. The summed E-state index contributed by atoms with van der Waals surface area (Å²) in [4.78, 5) is 24.0. The van der Waals surface area contributed by atoms with Crippen molar-refractivity contribution in [1.82, 2.24) is 5.32 Å². The fraction of sp³-hybridized carbons (Fsp3) is 0.600. The van der Waals surface area contributed by atoms with Gasteiger partial charge in [0.1, 0.15) is 12.2 Å². The van der Waals surface area contributed by atoms with E-state index in [0.717, 1.165) is 42.4 Å². The standard InChI is InChI=1S/C30H44N2O6/c1-20(33)37-26(19-27(38-21(2)34)24-9-7-5-4-6-8-10-24)12-11-22-15-25(30(35)28(17-22)36-3)16-23-13-14-32-29(31)18-23/h13,15,17-18,24,26-27,32,35H,4-12,14,16,19,31H2,1-3H3/t26-,27-/m1/s1. The summed E-state index contributed by atoms with van der Waals surface area (Å²) in [6.07, 6.45) is 13.4. The van der Waals surface area contributed by atoms with Crippen LogP contribution >= 0.6 is 0 Å². The predicted octanol–water partition coefficient (Wildman–Crippen LogP) is 4.82. The molecule has 0 bridgehead atoms. The lowest BCUT2D eigenvalue weighted by molar-refractivity contribution is -0.156. The van der Waals surface area contributed by atoms with Gasteiger partial charge in [0.15, 0.2) is 11.5 Å². The van der Waals surface area contributed by atoms with Gasteiger partial charge in [-0.05, 0) is 54.9 Å². The topological polar surface area (TPSA) is 120 Å². The predicted molar refractivity (Wildman–Crippen MR) is 147 cm³/mol. The Morgan fingerprint density at radius 3 is 2.39 bits per heavy atom. The molecule has 8 nitrogen and oxygen atoms in total. The minimum atomic E-state index is -0.389. The second-order valence-electron chi connectivity index (χ2n) is 10.5. The number of ether oxygens (including phenoxy) is 3. The van der Waals surface area contributed by atoms with Crippen LogP contribution in [0.25, 0.3) is 0 Å². The Hall–Kier alpha value is -3.16. The molecular formula is C30H44N2O6. The molecule has 1 aromatic carbocycles. The van der Waals surface area contributed by atoms with Gasteiger partial charge in [-0.15, -0.1) is 0 Å². The molecule has 1 saturated carbocycles. The first-order valence-electron chi connectivity index (χ1n) is 13.9. The number of benzene rings is 1. The zero-order chi connectivity index (χ0) is 27.5. The van der Waals surface area contributed by atoms with Crippen molar-refractivity contribution in [3.63, 3.8) is 0 Å². The Bertz CT molecular complexity index is 1010. The number of hydrogen-bond donors (Lipinski definition) is 3. The summed E-state index contributed by atoms with van der Waals surface area (Å²) in [5.41, 5.74) is 8.63. The Morgan fingerprint density at radius 1 is 1.08 bits per heavy atom. The van der Waals surface area contributed by atoms with Crippen LogP contribution in [0.15, 0.2) is 35.7 Å². The van der Waals surface area contributed by atoms with Crippen LogP contribution < -0.4 is 15.8 Å². The molecule has 1 aliphatic heterocycles. The van der Waals surface area contributed by atoms with Gasteiger partial charge in [-0.3, -0.25) is 9.59 Å². The van der Waals surface area contributed by atoms with Crippen LogP contribution in [0.4, 0.5) is 0 Å². The lowest BCUT2D eigenvalue weighted by atomic mass is 9.84. The molecule has 1 fully saturated rings. The molecule has 3 rings (SSSR count). The van der Waals surface area contributed by atoms with E-state index >= 15 is 0 Å². The number of aryl methyl sites for hydroxylation is 1. The maximum Gasteiger partial charge on any atom is 0.302 e. The van der Waals surface area contributed by atoms with Crippen molar-refractivity contribution < 1.29 is 28.9 Å². The van der Waals surface area contributed by atoms with Gasteiger partial charge in [-0.2, -0.15) is 0 Å². The van der Waals surface area contributed by atoms with E-state index < -0.39 is 0 Å². The Labute approximate surface area is 226 Å². The number of nitrogens with two attached hydrogens (primary N) is 1. The molecule has 0 unspecified atom stereocenters.